The molecule has 0 bridgehead atoms. The van der Waals surface area contributed by atoms with E-state index in [0.717, 1.165) is 17.8 Å². The number of methoxy groups -OCH3 is 1. The summed E-state index contributed by atoms with van der Waals surface area (Å²) in [6.07, 6.45) is 5.29. The van der Waals surface area contributed by atoms with E-state index in [1.54, 1.807) is 24.7 Å². The predicted molar refractivity (Wildman–Crippen MR) is 83.5 cm³/mol. The lowest BCUT2D eigenvalue weighted by Gasteiger charge is -2.17. The number of hydrogen-bond donors (Lipinski definition) is 1. The first-order valence-electron chi connectivity index (χ1n) is 7.64. The molecule has 6 heteroatoms. The number of aliphatic hydroxyl groups is 1. The van der Waals surface area contributed by atoms with Crippen molar-refractivity contribution >= 4 is 0 Å². The van der Waals surface area contributed by atoms with Gasteiger partial charge in [-0.2, -0.15) is 0 Å². The molecule has 0 saturated carbocycles. The van der Waals surface area contributed by atoms with Crippen LogP contribution in [0.1, 0.15) is 11.3 Å². The van der Waals surface area contributed by atoms with Gasteiger partial charge in [0.1, 0.15) is 0 Å². The van der Waals surface area contributed by atoms with Crippen molar-refractivity contribution < 1.29 is 14.2 Å². The molecule has 1 aromatic carbocycles. The van der Waals surface area contributed by atoms with Gasteiger partial charge >= 0.3 is 0 Å². The molecule has 1 aromatic heterocycles. The Labute approximate surface area is 134 Å². The fourth-order valence-electron chi connectivity index (χ4n) is 3.12. The van der Waals surface area contributed by atoms with E-state index >= 15 is 0 Å². The fraction of sp³-hybridized carbons (Fsp3) is 0.412. The Morgan fingerprint density at radius 2 is 2.22 bits per heavy atom. The zero-order valence-corrected chi connectivity index (χ0v) is 13.0. The summed E-state index contributed by atoms with van der Waals surface area (Å²) in [6, 6.07) is 4.92. The average molecular weight is 317 g/mol. The summed E-state index contributed by atoms with van der Waals surface area (Å²) in [4.78, 5) is 10.4. The van der Waals surface area contributed by atoms with Crippen molar-refractivity contribution in [3.63, 3.8) is 0 Å². The van der Waals surface area contributed by atoms with Crippen LogP contribution in [0.2, 0.25) is 0 Å². The SMILES string of the molecule is COc1c(F)cccc1CN1C[C@@H](Cc2cnccn2)[C@H](O)C1. The first-order chi connectivity index (χ1) is 11.2. The largest absolute Gasteiger partial charge is 0.493 e. The highest BCUT2D eigenvalue weighted by Gasteiger charge is 2.32. The number of rotatable bonds is 5. The van der Waals surface area contributed by atoms with Gasteiger partial charge < -0.3 is 9.84 Å². The van der Waals surface area contributed by atoms with Crippen LogP contribution in [0.25, 0.3) is 0 Å². The molecular weight excluding hydrogens is 297 g/mol. The maximum Gasteiger partial charge on any atom is 0.165 e. The number of ether oxygens (including phenoxy) is 1. The number of aliphatic hydroxyl groups excluding tert-OH is 1. The van der Waals surface area contributed by atoms with Crippen LogP contribution in [0.15, 0.2) is 36.8 Å². The summed E-state index contributed by atoms with van der Waals surface area (Å²) in [5, 5.41) is 10.3. The molecule has 0 amide bonds. The van der Waals surface area contributed by atoms with E-state index in [-0.39, 0.29) is 17.5 Å². The van der Waals surface area contributed by atoms with Gasteiger partial charge in [-0.15, -0.1) is 0 Å². The molecule has 2 aromatic rings. The van der Waals surface area contributed by atoms with Crippen LogP contribution < -0.4 is 4.74 Å². The Hall–Kier alpha value is -2.05. The fourth-order valence-corrected chi connectivity index (χ4v) is 3.12. The van der Waals surface area contributed by atoms with Crippen LogP contribution in [-0.2, 0) is 13.0 Å². The molecule has 0 aliphatic carbocycles. The first-order valence-corrected chi connectivity index (χ1v) is 7.64. The molecule has 1 N–H and O–H groups in total. The smallest absolute Gasteiger partial charge is 0.165 e. The predicted octanol–water partition coefficient (Wildman–Crippen LogP) is 1.66. The Bertz CT molecular complexity index is 654. The Balaban J connectivity index is 1.66. The Kier molecular flexibility index (Phi) is 4.83. The molecule has 3 rings (SSSR count). The van der Waals surface area contributed by atoms with Crippen LogP contribution in [0.3, 0.4) is 0 Å². The second-order valence-electron chi connectivity index (χ2n) is 5.85. The highest BCUT2D eigenvalue weighted by Crippen LogP contribution is 2.27. The number of nitrogens with zero attached hydrogens (tertiary/aromatic N) is 3. The topological polar surface area (TPSA) is 58.5 Å². The van der Waals surface area contributed by atoms with Gasteiger partial charge in [-0.25, -0.2) is 4.39 Å². The third-order valence-electron chi connectivity index (χ3n) is 4.22. The highest BCUT2D eigenvalue weighted by molar-refractivity contribution is 5.34. The lowest BCUT2D eigenvalue weighted by molar-refractivity contribution is 0.140. The number of halogens is 1. The van der Waals surface area contributed by atoms with Crippen LogP contribution >= 0.6 is 0 Å². The number of benzene rings is 1. The van der Waals surface area contributed by atoms with Crippen molar-refractivity contribution in [2.24, 2.45) is 5.92 Å². The average Bonchev–Trinajstić information content (AvgIpc) is 2.88. The van der Waals surface area contributed by atoms with E-state index in [4.69, 9.17) is 4.74 Å². The maximum absolute atomic E-state index is 13.8. The standard InChI is InChI=1S/C17H20FN3O2/c1-23-17-12(3-2-4-15(17)18)9-21-10-13(16(22)11-21)7-14-8-19-5-6-20-14/h2-6,8,13,16,22H,7,9-11H2,1H3/t13-,16-/m1/s1. The molecule has 0 spiro atoms. The van der Waals surface area contributed by atoms with Gasteiger partial charge in [-0.05, 0) is 12.5 Å². The molecule has 2 heterocycles. The summed E-state index contributed by atoms with van der Waals surface area (Å²) in [5.41, 5.74) is 1.67. The maximum atomic E-state index is 13.8. The Morgan fingerprint density at radius 1 is 1.35 bits per heavy atom. The zero-order valence-electron chi connectivity index (χ0n) is 13.0. The number of likely N-dealkylation sites (tertiary alicyclic amines) is 1. The van der Waals surface area contributed by atoms with E-state index in [2.05, 4.69) is 14.9 Å². The van der Waals surface area contributed by atoms with Crippen LogP contribution in [0.4, 0.5) is 4.39 Å². The monoisotopic (exact) mass is 317 g/mol. The number of hydrogen-bond acceptors (Lipinski definition) is 5. The third kappa shape index (κ3) is 3.65. The van der Waals surface area contributed by atoms with Gasteiger partial charge in [-0.1, -0.05) is 12.1 Å². The lowest BCUT2D eigenvalue weighted by atomic mass is 10.0. The van der Waals surface area contributed by atoms with Gasteiger partial charge in [0.25, 0.3) is 0 Å². The second-order valence-corrected chi connectivity index (χ2v) is 5.85. The summed E-state index contributed by atoms with van der Waals surface area (Å²) in [5.74, 6) is 0.0199. The summed E-state index contributed by atoms with van der Waals surface area (Å²) in [6.45, 7) is 1.84. The van der Waals surface area contributed by atoms with Crippen molar-refractivity contribution in [3.05, 3.63) is 53.9 Å². The van der Waals surface area contributed by atoms with Crippen molar-refractivity contribution in [2.45, 2.75) is 19.1 Å². The molecule has 0 radical (unpaired) electrons. The van der Waals surface area contributed by atoms with Crippen molar-refractivity contribution in [1.29, 1.82) is 0 Å². The third-order valence-corrected chi connectivity index (χ3v) is 4.22. The molecule has 122 valence electrons. The van der Waals surface area contributed by atoms with Gasteiger partial charge in [0.05, 0.1) is 18.9 Å². The van der Waals surface area contributed by atoms with Gasteiger partial charge in [0.2, 0.25) is 0 Å². The van der Waals surface area contributed by atoms with Crippen molar-refractivity contribution in [3.8, 4) is 5.75 Å². The minimum atomic E-state index is -0.420. The van der Waals surface area contributed by atoms with E-state index in [9.17, 15) is 9.50 Å². The van der Waals surface area contributed by atoms with Crippen molar-refractivity contribution in [1.82, 2.24) is 14.9 Å². The normalized spacial score (nSPS) is 21.5. The molecule has 23 heavy (non-hydrogen) atoms. The van der Waals surface area contributed by atoms with Gasteiger partial charge in [-0.3, -0.25) is 14.9 Å². The van der Waals surface area contributed by atoms with Crippen LogP contribution in [0.5, 0.6) is 5.75 Å². The van der Waals surface area contributed by atoms with Gasteiger partial charge in [0.15, 0.2) is 11.6 Å². The molecular formula is C17H20FN3O2. The second kappa shape index (κ2) is 7.02. The summed E-state index contributed by atoms with van der Waals surface area (Å²) in [7, 11) is 1.47. The number of aromatic nitrogens is 2. The van der Waals surface area contributed by atoms with E-state index in [1.807, 2.05) is 6.07 Å². The minimum Gasteiger partial charge on any atom is -0.493 e. The molecule has 1 fully saturated rings. The minimum absolute atomic E-state index is 0.103. The Morgan fingerprint density at radius 3 is 2.96 bits per heavy atom. The number of para-hydroxylation sites is 1. The van der Waals surface area contributed by atoms with E-state index in [0.29, 0.717) is 19.5 Å². The van der Waals surface area contributed by atoms with Gasteiger partial charge in [0, 0.05) is 49.7 Å². The first kappa shape index (κ1) is 15.8. The molecule has 0 unspecified atom stereocenters. The lowest BCUT2D eigenvalue weighted by Crippen LogP contribution is -2.21. The van der Waals surface area contributed by atoms with Crippen LogP contribution in [-0.4, -0.2) is 46.3 Å². The molecule has 1 saturated heterocycles. The number of β-amino-alcohol motifs (C(OH)–C–C–N with tert-alkyl or cyclic N) is 1. The van der Waals surface area contributed by atoms with E-state index < -0.39 is 6.10 Å². The molecule has 1 aliphatic rings. The summed E-state index contributed by atoms with van der Waals surface area (Å²) < 4.78 is 18.9. The molecule has 2 atom stereocenters. The molecule has 5 nitrogen and oxygen atoms in total. The summed E-state index contributed by atoms with van der Waals surface area (Å²) >= 11 is 0. The molecule has 1 aliphatic heterocycles. The van der Waals surface area contributed by atoms with Crippen molar-refractivity contribution in [2.75, 3.05) is 20.2 Å². The highest BCUT2D eigenvalue weighted by atomic mass is 19.1. The van der Waals surface area contributed by atoms with Crippen LogP contribution in [0, 0.1) is 11.7 Å². The zero-order chi connectivity index (χ0) is 16.2. The quantitative estimate of drug-likeness (QED) is 0.909. The van der Waals surface area contributed by atoms with E-state index in [1.165, 1.54) is 13.2 Å².